The van der Waals surface area contributed by atoms with Crippen LogP contribution < -0.4 is 20.1 Å². The van der Waals surface area contributed by atoms with Gasteiger partial charge in [0.25, 0.3) is 0 Å². The lowest BCUT2D eigenvalue weighted by Crippen LogP contribution is -2.38. The SMILES string of the molecule is CCNC(=NCCCOCC)NCCc1cc(OC)ccc1OC. The zero-order valence-corrected chi connectivity index (χ0v) is 15.4. The van der Waals surface area contributed by atoms with Crippen molar-refractivity contribution in [2.45, 2.75) is 26.7 Å². The fraction of sp³-hybridized carbons (Fsp3) is 0.611. The topological polar surface area (TPSA) is 64.1 Å². The third-order valence-corrected chi connectivity index (χ3v) is 3.44. The number of guanidine groups is 1. The largest absolute Gasteiger partial charge is 0.497 e. The van der Waals surface area contributed by atoms with E-state index in [0.29, 0.717) is 0 Å². The van der Waals surface area contributed by atoms with Crippen molar-refractivity contribution in [3.63, 3.8) is 0 Å². The minimum absolute atomic E-state index is 0.748. The highest BCUT2D eigenvalue weighted by atomic mass is 16.5. The number of benzene rings is 1. The van der Waals surface area contributed by atoms with Crippen LogP contribution in [0.3, 0.4) is 0 Å². The van der Waals surface area contributed by atoms with E-state index in [2.05, 4.69) is 22.5 Å². The van der Waals surface area contributed by atoms with Gasteiger partial charge in [0, 0.05) is 32.8 Å². The molecule has 0 aromatic heterocycles. The van der Waals surface area contributed by atoms with Gasteiger partial charge in [0.05, 0.1) is 14.2 Å². The number of rotatable bonds is 11. The molecule has 0 heterocycles. The molecule has 0 unspecified atom stereocenters. The van der Waals surface area contributed by atoms with Gasteiger partial charge >= 0.3 is 0 Å². The van der Waals surface area contributed by atoms with Gasteiger partial charge in [-0.15, -0.1) is 0 Å². The van der Waals surface area contributed by atoms with Crippen LogP contribution in [0.4, 0.5) is 0 Å². The number of ether oxygens (including phenoxy) is 3. The molecule has 0 saturated carbocycles. The Hall–Kier alpha value is -1.95. The highest BCUT2D eigenvalue weighted by Crippen LogP contribution is 2.24. The molecule has 6 heteroatoms. The van der Waals surface area contributed by atoms with Gasteiger partial charge in [0.15, 0.2) is 5.96 Å². The van der Waals surface area contributed by atoms with Crippen molar-refractivity contribution in [1.29, 1.82) is 0 Å². The zero-order chi connectivity index (χ0) is 17.6. The molecule has 0 aliphatic carbocycles. The first-order chi connectivity index (χ1) is 11.7. The summed E-state index contributed by atoms with van der Waals surface area (Å²) in [5, 5.41) is 6.60. The quantitative estimate of drug-likeness (QED) is 0.368. The third-order valence-electron chi connectivity index (χ3n) is 3.44. The first-order valence-electron chi connectivity index (χ1n) is 8.55. The van der Waals surface area contributed by atoms with E-state index < -0.39 is 0 Å². The molecule has 1 rings (SSSR count). The van der Waals surface area contributed by atoms with Crippen LogP contribution in [0.15, 0.2) is 23.2 Å². The van der Waals surface area contributed by atoms with Crippen molar-refractivity contribution in [2.24, 2.45) is 4.99 Å². The number of methoxy groups -OCH3 is 2. The molecule has 1 aromatic carbocycles. The predicted octanol–water partition coefficient (Wildman–Crippen LogP) is 2.23. The predicted molar refractivity (Wildman–Crippen MR) is 98.3 cm³/mol. The molecule has 0 bridgehead atoms. The second kappa shape index (κ2) is 12.5. The molecule has 1 aromatic rings. The molecular formula is C18H31N3O3. The van der Waals surface area contributed by atoms with E-state index in [-0.39, 0.29) is 0 Å². The summed E-state index contributed by atoms with van der Waals surface area (Å²) in [5.41, 5.74) is 1.11. The normalized spacial score (nSPS) is 11.2. The first kappa shape index (κ1) is 20.1. The minimum atomic E-state index is 0.748. The number of aliphatic imine (C=N–C) groups is 1. The molecule has 2 N–H and O–H groups in total. The summed E-state index contributed by atoms with van der Waals surface area (Å²) < 4.78 is 16.0. The summed E-state index contributed by atoms with van der Waals surface area (Å²) in [5.74, 6) is 2.54. The molecule has 0 saturated heterocycles. The summed E-state index contributed by atoms with van der Waals surface area (Å²) in [7, 11) is 3.35. The Morgan fingerprint density at radius 3 is 2.62 bits per heavy atom. The maximum atomic E-state index is 5.41. The summed E-state index contributed by atoms with van der Waals surface area (Å²) in [6.45, 7) is 7.91. The lowest BCUT2D eigenvalue weighted by Gasteiger charge is -2.13. The third kappa shape index (κ3) is 7.55. The molecule has 24 heavy (non-hydrogen) atoms. The van der Waals surface area contributed by atoms with Crippen molar-refractivity contribution in [3.8, 4) is 11.5 Å². The number of nitrogens with one attached hydrogen (secondary N) is 2. The molecule has 0 spiro atoms. The molecule has 136 valence electrons. The van der Waals surface area contributed by atoms with E-state index in [1.54, 1.807) is 14.2 Å². The highest BCUT2D eigenvalue weighted by Gasteiger charge is 2.05. The van der Waals surface area contributed by atoms with Gasteiger partial charge < -0.3 is 24.8 Å². The molecule has 0 radical (unpaired) electrons. The average Bonchev–Trinajstić information content (AvgIpc) is 2.61. The van der Waals surface area contributed by atoms with E-state index in [1.165, 1.54) is 0 Å². The molecule has 6 nitrogen and oxygen atoms in total. The average molecular weight is 337 g/mol. The molecule has 0 amide bonds. The number of nitrogens with zero attached hydrogens (tertiary/aromatic N) is 1. The van der Waals surface area contributed by atoms with Gasteiger partial charge in [-0.05, 0) is 50.5 Å². The molecule has 0 fully saturated rings. The Kier molecular flexibility index (Phi) is 10.4. The van der Waals surface area contributed by atoms with Gasteiger partial charge in [-0.2, -0.15) is 0 Å². The fourth-order valence-electron chi connectivity index (χ4n) is 2.24. The van der Waals surface area contributed by atoms with E-state index in [0.717, 1.165) is 68.7 Å². The van der Waals surface area contributed by atoms with E-state index in [1.807, 2.05) is 25.1 Å². The fourth-order valence-corrected chi connectivity index (χ4v) is 2.24. The minimum Gasteiger partial charge on any atom is -0.497 e. The smallest absolute Gasteiger partial charge is 0.191 e. The van der Waals surface area contributed by atoms with Crippen LogP contribution in [0.1, 0.15) is 25.8 Å². The lowest BCUT2D eigenvalue weighted by molar-refractivity contribution is 0.146. The monoisotopic (exact) mass is 337 g/mol. The van der Waals surface area contributed by atoms with Gasteiger partial charge in [-0.25, -0.2) is 0 Å². The van der Waals surface area contributed by atoms with Crippen LogP contribution >= 0.6 is 0 Å². The van der Waals surface area contributed by atoms with Crippen molar-refractivity contribution >= 4 is 5.96 Å². The number of hydrogen-bond donors (Lipinski definition) is 2. The van der Waals surface area contributed by atoms with E-state index in [9.17, 15) is 0 Å². The van der Waals surface area contributed by atoms with Crippen molar-refractivity contribution < 1.29 is 14.2 Å². The Labute approximate surface area is 145 Å². The van der Waals surface area contributed by atoms with Crippen LogP contribution in [0.2, 0.25) is 0 Å². The second-order valence-electron chi connectivity index (χ2n) is 5.17. The molecular weight excluding hydrogens is 306 g/mol. The summed E-state index contributed by atoms with van der Waals surface area (Å²) in [6, 6.07) is 5.84. The zero-order valence-electron chi connectivity index (χ0n) is 15.4. The molecule has 0 aliphatic heterocycles. The lowest BCUT2D eigenvalue weighted by atomic mass is 10.1. The van der Waals surface area contributed by atoms with Gasteiger partial charge in [0.1, 0.15) is 11.5 Å². The Morgan fingerprint density at radius 1 is 1.12 bits per heavy atom. The second-order valence-corrected chi connectivity index (χ2v) is 5.17. The van der Waals surface area contributed by atoms with Crippen LogP contribution in [-0.2, 0) is 11.2 Å². The van der Waals surface area contributed by atoms with Crippen LogP contribution in [0, 0.1) is 0 Å². The standard InChI is InChI=1S/C18H31N3O3/c1-5-19-18(20-11-7-13-24-6-2)21-12-10-15-14-16(22-3)8-9-17(15)23-4/h8-9,14H,5-7,10-13H2,1-4H3,(H2,19,20,21). The van der Waals surface area contributed by atoms with Gasteiger partial charge in [-0.3, -0.25) is 4.99 Å². The molecule has 0 aliphatic rings. The molecule has 0 atom stereocenters. The Bertz CT molecular complexity index is 492. The van der Waals surface area contributed by atoms with Gasteiger partial charge in [-0.1, -0.05) is 0 Å². The number of hydrogen-bond acceptors (Lipinski definition) is 4. The van der Waals surface area contributed by atoms with E-state index in [4.69, 9.17) is 14.2 Å². The maximum absolute atomic E-state index is 5.41. The van der Waals surface area contributed by atoms with Crippen molar-refractivity contribution in [2.75, 3.05) is 47.1 Å². The Morgan fingerprint density at radius 2 is 1.96 bits per heavy atom. The van der Waals surface area contributed by atoms with Crippen LogP contribution in [-0.4, -0.2) is 53.0 Å². The van der Waals surface area contributed by atoms with Crippen molar-refractivity contribution in [1.82, 2.24) is 10.6 Å². The first-order valence-corrected chi connectivity index (χ1v) is 8.55. The highest BCUT2D eigenvalue weighted by molar-refractivity contribution is 5.79. The van der Waals surface area contributed by atoms with Gasteiger partial charge in [0.2, 0.25) is 0 Å². The van der Waals surface area contributed by atoms with Crippen LogP contribution in [0.25, 0.3) is 0 Å². The van der Waals surface area contributed by atoms with Crippen LogP contribution in [0.5, 0.6) is 11.5 Å². The summed E-state index contributed by atoms with van der Waals surface area (Å²) >= 11 is 0. The maximum Gasteiger partial charge on any atom is 0.191 e. The van der Waals surface area contributed by atoms with E-state index >= 15 is 0 Å². The Balaban J connectivity index is 2.50. The summed E-state index contributed by atoms with van der Waals surface area (Å²) in [4.78, 5) is 4.55. The summed E-state index contributed by atoms with van der Waals surface area (Å²) in [6.07, 6.45) is 1.75. The van der Waals surface area contributed by atoms with Crippen molar-refractivity contribution in [3.05, 3.63) is 23.8 Å².